The predicted molar refractivity (Wildman–Crippen MR) is 67.3 cm³/mol. The van der Waals surface area contributed by atoms with Crippen molar-refractivity contribution in [1.29, 1.82) is 0 Å². The number of aliphatic carboxylic acids is 1. The number of rotatable bonds is 9. The van der Waals surface area contributed by atoms with Crippen LogP contribution in [-0.4, -0.2) is 42.5 Å². The second-order valence-corrected chi connectivity index (χ2v) is 3.83. The number of carboxylic acid groups (broad SMARTS) is 1. The molecule has 0 saturated carbocycles. The van der Waals surface area contributed by atoms with E-state index in [1.54, 1.807) is 12.1 Å². The van der Waals surface area contributed by atoms with Gasteiger partial charge in [-0.25, -0.2) is 0 Å². The second-order valence-electron chi connectivity index (χ2n) is 3.83. The van der Waals surface area contributed by atoms with Crippen LogP contribution in [0.1, 0.15) is 18.0 Å². The van der Waals surface area contributed by atoms with Crippen LogP contribution in [0.15, 0.2) is 30.3 Å². The Balaban J connectivity index is 2.34. The van der Waals surface area contributed by atoms with Crippen LogP contribution in [0.3, 0.4) is 0 Å². The second kappa shape index (κ2) is 8.63. The van der Waals surface area contributed by atoms with Crippen LogP contribution in [0, 0.1) is 0 Å². The Bertz CT molecular complexity index is 342. The quantitative estimate of drug-likeness (QED) is 0.567. The van der Waals surface area contributed by atoms with Gasteiger partial charge in [-0.2, -0.15) is 0 Å². The summed E-state index contributed by atoms with van der Waals surface area (Å²) in [5.74, 6) is -0.891. The zero-order valence-electron chi connectivity index (χ0n) is 10.2. The minimum absolute atomic E-state index is 0.00912. The Labute approximate surface area is 106 Å². The lowest BCUT2D eigenvalue weighted by Crippen LogP contribution is -2.29. The molecule has 0 amide bonds. The number of hydrogen-bond acceptors (Lipinski definition) is 4. The molecule has 1 atom stereocenters. The Hall–Kier alpha value is -1.43. The number of nitrogens with one attached hydrogen (secondary N) is 1. The molecule has 1 rings (SSSR count). The molecular formula is C13H19NO4. The zero-order valence-corrected chi connectivity index (χ0v) is 10.2. The number of hydrogen-bond donors (Lipinski definition) is 3. The maximum absolute atomic E-state index is 11.1. The van der Waals surface area contributed by atoms with E-state index in [-0.39, 0.29) is 6.61 Å². The molecule has 0 aromatic heterocycles. The summed E-state index contributed by atoms with van der Waals surface area (Å²) in [6, 6.07) is 8.37. The van der Waals surface area contributed by atoms with E-state index in [9.17, 15) is 4.79 Å². The van der Waals surface area contributed by atoms with Crippen molar-refractivity contribution in [3.63, 3.8) is 0 Å². The van der Waals surface area contributed by atoms with Crippen molar-refractivity contribution in [2.75, 3.05) is 26.4 Å². The lowest BCUT2D eigenvalue weighted by molar-refractivity contribution is -0.139. The largest absolute Gasteiger partial charge is 0.480 e. The van der Waals surface area contributed by atoms with E-state index < -0.39 is 12.0 Å². The van der Waals surface area contributed by atoms with Crippen molar-refractivity contribution in [3.05, 3.63) is 35.9 Å². The molecule has 0 aliphatic heterocycles. The molecule has 0 radical (unpaired) electrons. The topological polar surface area (TPSA) is 78.8 Å². The highest BCUT2D eigenvalue weighted by atomic mass is 16.5. The third kappa shape index (κ3) is 5.27. The van der Waals surface area contributed by atoms with Gasteiger partial charge in [-0.15, -0.1) is 0 Å². The lowest BCUT2D eigenvalue weighted by Gasteiger charge is -2.14. The standard InChI is InChI=1S/C13H19NO4/c15-8-10-18-9-4-7-14-12(13(16)17)11-5-2-1-3-6-11/h1-3,5-6,12,14-15H,4,7-10H2,(H,16,17). The summed E-state index contributed by atoms with van der Waals surface area (Å²) in [5.41, 5.74) is 0.737. The first-order valence-corrected chi connectivity index (χ1v) is 5.95. The van der Waals surface area contributed by atoms with Crippen LogP contribution < -0.4 is 5.32 Å². The number of aliphatic hydroxyl groups excluding tert-OH is 1. The number of carboxylic acids is 1. The van der Waals surface area contributed by atoms with E-state index in [0.29, 0.717) is 26.2 Å². The molecule has 0 heterocycles. The predicted octanol–water partition coefficient (Wildman–Crippen LogP) is 0.801. The molecule has 18 heavy (non-hydrogen) atoms. The molecule has 0 fully saturated rings. The molecule has 100 valence electrons. The molecule has 0 spiro atoms. The summed E-state index contributed by atoms with van der Waals surface area (Å²) in [4.78, 5) is 11.1. The third-order valence-corrected chi connectivity index (χ3v) is 2.43. The normalized spacial score (nSPS) is 12.3. The van der Waals surface area contributed by atoms with Gasteiger partial charge in [0.2, 0.25) is 0 Å². The van der Waals surface area contributed by atoms with Gasteiger partial charge in [-0.05, 0) is 18.5 Å². The molecule has 1 aromatic carbocycles. The maximum atomic E-state index is 11.1. The molecule has 3 N–H and O–H groups in total. The van der Waals surface area contributed by atoms with Crippen molar-refractivity contribution in [2.24, 2.45) is 0 Å². The third-order valence-electron chi connectivity index (χ3n) is 2.43. The lowest BCUT2D eigenvalue weighted by atomic mass is 10.1. The molecule has 0 aliphatic rings. The molecule has 5 nitrogen and oxygen atoms in total. The minimum Gasteiger partial charge on any atom is -0.480 e. The number of ether oxygens (including phenoxy) is 1. The summed E-state index contributed by atoms with van der Waals surface area (Å²) in [6.45, 7) is 1.39. The van der Waals surface area contributed by atoms with Gasteiger partial charge in [0.25, 0.3) is 0 Å². The molecule has 0 saturated heterocycles. The van der Waals surface area contributed by atoms with Crippen LogP contribution >= 0.6 is 0 Å². The van der Waals surface area contributed by atoms with E-state index >= 15 is 0 Å². The highest BCUT2D eigenvalue weighted by molar-refractivity contribution is 5.75. The fraction of sp³-hybridized carbons (Fsp3) is 0.462. The van der Waals surface area contributed by atoms with Crippen molar-refractivity contribution in [1.82, 2.24) is 5.32 Å². The van der Waals surface area contributed by atoms with E-state index in [4.69, 9.17) is 14.9 Å². The molecule has 5 heteroatoms. The molecule has 1 unspecified atom stereocenters. The number of carbonyl (C=O) groups is 1. The SMILES string of the molecule is O=C(O)C(NCCCOCCO)c1ccccc1. The van der Waals surface area contributed by atoms with Crippen molar-refractivity contribution in [3.8, 4) is 0 Å². The van der Waals surface area contributed by atoms with Gasteiger partial charge in [0, 0.05) is 6.61 Å². The van der Waals surface area contributed by atoms with Crippen LogP contribution in [0.4, 0.5) is 0 Å². The summed E-state index contributed by atoms with van der Waals surface area (Å²) in [6.07, 6.45) is 0.705. The van der Waals surface area contributed by atoms with Gasteiger partial charge in [0.05, 0.1) is 13.2 Å². The van der Waals surface area contributed by atoms with E-state index in [1.807, 2.05) is 18.2 Å². The van der Waals surface area contributed by atoms with Gasteiger partial charge in [0.1, 0.15) is 6.04 Å². The Morgan fingerprint density at radius 2 is 2.00 bits per heavy atom. The minimum atomic E-state index is -0.891. The molecule has 0 bridgehead atoms. The van der Waals surface area contributed by atoms with Crippen molar-refractivity contribution < 1.29 is 19.7 Å². The first-order chi connectivity index (χ1) is 8.75. The van der Waals surface area contributed by atoms with E-state index in [2.05, 4.69) is 5.32 Å². The first-order valence-electron chi connectivity index (χ1n) is 5.95. The van der Waals surface area contributed by atoms with Crippen molar-refractivity contribution in [2.45, 2.75) is 12.5 Å². The Morgan fingerprint density at radius 1 is 1.28 bits per heavy atom. The van der Waals surface area contributed by atoms with Gasteiger partial charge < -0.3 is 20.3 Å². The Morgan fingerprint density at radius 3 is 2.61 bits per heavy atom. The van der Waals surface area contributed by atoms with Gasteiger partial charge >= 0.3 is 5.97 Å². The number of aliphatic hydroxyl groups is 1. The van der Waals surface area contributed by atoms with Crippen molar-refractivity contribution >= 4 is 5.97 Å². The maximum Gasteiger partial charge on any atom is 0.325 e. The summed E-state index contributed by atoms with van der Waals surface area (Å²) < 4.78 is 5.09. The van der Waals surface area contributed by atoms with E-state index in [0.717, 1.165) is 5.56 Å². The summed E-state index contributed by atoms with van der Waals surface area (Å²) >= 11 is 0. The zero-order chi connectivity index (χ0) is 13.2. The van der Waals surface area contributed by atoms with Gasteiger partial charge in [-0.1, -0.05) is 30.3 Å². The fourth-order valence-corrected chi connectivity index (χ4v) is 1.58. The molecule has 0 aliphatic carbocycles. The molecular weight excluding hydrogens is 234 g/mol. The Kier molecular flexibility index (Phi) is 7.01. The molecule has 1 aromatic rings. The highest BCUT2D eigenvalue weighted by Crippen LogP contribution is 2.12. The van der Waals surface area contributed by atoms with Crippen LogP contribution in [-0.2, 0) is 9.53 Å². The first kappa shape index (κ1) is 14.6. The van der Waals surface area contributed by atoms with Crippen LogP contribution in [0.5, 0.6) is 0 Å². The fourth-order valence-electron chi connectivity index (χ4n) is 1.58. The summed E-state index contributed by atoms with van der Waals surface area (Å²) in [7, 11) is 0. The highest BCUT2D eigenvalue weighted by Gasteiger charge is 2.17. The number of benzene rings is 1. The smallest absolute Gasteiger partial charge is 0.325 e. The average molecular weight is 253 g/mol. The average Bonchev–Trinajstić information content (AvgIpc) is 2.38. The van der Waals surface area contributed by atoms with E-state index in [1.165, 1.54) is 0 Å². The van der Waals surface area contributed by atoms with Gasteiger partial charge in [-0.3, -0.25) is 4.79 Å². The van der Waals surface area contributed by atoms with Crippen LogP contribution in [0.2, 0.25) is 0 Å². The monoisotopic (exact) mass is 253 g/mol. The van der Waals surface area contributed by atoms with Gasteiger partial charge in [0.15, 0.2) is 0 Å². The summed E-state index contributed by atoms with van der Waals surface area (Å²) in [5, 5.41) is 20.6. The van der Waals surface area contributed by atoms with Crippen LogP contribution in [0.25, 0.3) is 0 Å².